The van der Waals surface area contributed by atoms with Crippen molar-refractivity contribution < 1.29 is 4.74 Å². The second-order valence-corrected chi connectivity index (χ2v) is 5.81. The number of aryl methyl sites for hydroxylation is 2. The predicted molar refractivity (Wildman–Crippen MR) is 80.3 cm³/mol. The third kappa shape index (κ3) is 3.38. The molecule has 0 N–H and O–H groups in total. The molecule has 2 rings (SSSR count). The number of morpholine rings is 1. The molecule has 0 aliphatic carbocycles. The summed E-state index contributed by atoms with van der Waals surface area (Å²) in [5.74, 6) is 0. The molecule has 1 fully saturated rings. The molecule has 1 aliphatic heterocycles. The van der Waals surface area contributed by atoms with Gasteiger partial charge in [0.25, 0.3) is 0 Å². The van der Waals surface area contributed by atoms with Crippen molar-refractivity contribution in [1.82, 2.24) is 14.7 Å². The van der Waals surface area contributed by atoms with E-state index in [1.54, 1.807) is 0 Å². The van der Waals surface area contributed by atoms with E-state index in [1.807, 2.05) is 0 Å². The Morgan fingerprint density at radius 2 is 2.16 bits per heavy atom. The summed E-state index contributed by atoms with van der Waals surface area (Å²) in [6.45, 7) is 11.3. The van der Waals surface area contributed by atoms with E-state index in [0.29, 0.717) is 6.10 Å². The maximum Gasteiger partial charge on any atom is 0.0767 e. The topological polar surface area (TPSA) is 30.3 Å². The van der Waals surface area contributed by atoms with Crippen LogP contribution in [-0.2, 0) is 24.2 Å². The number of rotatable bonds is 5. The molecule has 19 heavy (non-hydrogen) atoms. The molecule has 0 amide bonds. The van der Waals surface area contributed by atoms with E-state index in [4.69, 9.17) is 4.74 Å². The molecule has 1 aliphatic rings. The summed E-state index contributed by atoms with van der Waals surface area (Å²) < 4.78 is 9.05. The van der Waals surface area contributed by atoms with Crippen molar-refractivity contribution >= 4 is 15.9 Å². The second kappa shape index (κ2) is 6.86. The lowest BCUT2D eigenvalue weighted by molar-refractivity contribution is -0.0332. The number of halogens is 1. The molecule has 1 saturated heterocycles. The van der Waals surface area contributed by atoms with Gasteiger partial charge in [0.2, 0.25) is 0 Å². The van der Waals surface area contributed by atoms with E-state index in [0.717, 1.165) is 51.3 Å². The fourth-order valence-electron chi connectivity index (χ4n) is 2.55. The van der Waals surface area contributed by atoms with Gasteiger partial charge in [-0.15, -0.1) is 0 Å². The first kappa shape index (κ1) is 15.0. The zero-order valence-corrected chi connectivity index (χ0v) is 13.7. The van der Waals surface area contributed by atoms with Crippen LogP contribution >= 0.6 is 15.9 Å². The van der Waals surface area contributed by atoms with E-state index >= 15 is 0 Å². The Kier molecular flexibility index (Phi) is 5.42. The summed E-state index contributed by atoms with van der Waals surface area (Å²) in [5, 5.41) is 4.66. The number of nitrogens with zero attached hydrogens (tertiary/aromatic N) is 3. The van der Waals surface area contributed by atoms with E-state index in [9.17, 15) is 0 Å². The first-order valence-corrected chi connectivity index (χ1v) is 8.06. The smallest absolute Gasteiger partial charge is 0.0767 e. The third-order valence-corrected chi connectivity index (χ3v) is 4.66. The monoisotopic (exact) mass is 329 g/mol. The van der Waals surface area contributed by atoms with Crippen molar-refractivity contribution in [2.45, 2.75) is 52.8 Å². The van der Waals surface area contributed by atoms with Crippen molar-refractivity contribution in [2.75, 3.05) is 19.7 Å². The van der Waals surface area contributed by atoms with Gasteiger partial charge in [0.1, 0.15) is 0 Å². The van der Waals surface area contributed by atoms with Gasteiger partial charge < -0.3 is 4.74 Å². The first-order chi connectivity index (χ1) is 9.19. The SMILES string of the molecule is CCc1nn(CC)c(CN2CCOC(CC)C2)c1Br. The Bertz CT molecular complexity index is 419. The summed E-state index contributed by atoms with van der Waals surface area (Å²) in [7, 11) is 0. The minimum absolute atomic E-state index is 0.385. The van der Waals surface area contributed by atoms with Gasteiger partial charge in [-0.05, 0) is 35.7 Å². The van der Waals surface area contributed by atoms with Gasteiger partial charge in [0.05, 0.1) is 28.6 Å². The molecule has 0 saturated carbocycles. The Labute approximate surface area is 124 Å². The highest BCUT2D eigenvalue weighted by Crippen LogP contribution is 2.24. The third-order valence-electron chi connectivity index (χ3n) is 3.75. The molecule has 1 aromatic heterocycles. The molecule has 2 heterocycles. The molecule has 0 spiro atoms. The van der Waals surface area contributed by atoms with Gasteiger partial charge in [-0.25, -0.2) is 0 Å². The maximum atomic E-state index is 5.73. The minimum Gasteiger partial charge on any atom is -0.376 e. The number of aromatic nitrogens is 2. The van der Waals surface area contributed by atoms with Crippen LogP contribution in [0.3, 0.4) is 0 Å². The van der Waals surface area contributed by atoms with Gasteiger partial charge in [-0.2, -0.15) is 5.10 Å². The van der Waals surface area contributed by atoms with E-state index < -0.39 is 0 Å². The predicted octanol–water partition coefficient (Wildman–Crippen LogP) is 2.84. The molecular weight excluding hydrogens is 306 g/mol. The normalized spacial score (nSPS) is 20.9. The second-order valence-electron chi connectivity index (χ2n) is 5.01. The Hall–Kier alpha value is -0.390. The molecule has 1 aromatic rings. The fourth-order valence-corrected chi connectivity index (χ4v) is 3.24. The first-order valence-electron chi connectivity index (χ1n) is 7.27. The van der Waals surface area contributed by atoms with Crippen LogP contribution in [0.5, 0.6) is 0 Å². The highest BCUT2D eigenvalue weighted by atomic mass is 79.9. The lowest BCUT2D eigenvalue weighted by Crippen LogP contribution is -2.42. The van der Waals surface area contributed by atoms with Crippen molar-refractivity contribution in [2.24, 2.45) is 0 Å². The molecule has 1 atom stereocenters. The standard InChI is InChI=1S/C14H24BrN3O/c1-4-11-9-17(7-8-19-11)10-13-14(15)12(5-2)16-18(13)6-3/h11H,4-10H2,1-3H3. The van der Waals surface area contributed by atoms with Crippen molar-refractivity contribution in [3.8, 4) is 0 Å². The molecule has 1 unspecified atom stereocenters. The van der Waals surface area contributed by atoms with Crippen molar-refractivity contribution in [3.63, 3.8) is 0 Å². The zero-order valence-electron chi connectivity index (χ0n) is 12.2. The largest absolute Gasteiger partial charge is 0.376 e. The van der Waals surface area contributed by atoms with Crippen LogP contribution in [0.2, 0.25) is 0 Å². The van der Waals surface area contributed by atoms with Crippen LogP contribution in [-0.4, -0.2) is 40.5 Å². The molecule has 5 heteroatoms. The molecular formula is C14H24BrN3O. The average Bonchev–Trinajstić information content (AvgIpc) is 2.75. The Balaban J connectivity index is 2.11. The Morgan fingerprint density at radius 1 is 1.37 bits per heavy atom. The van der Waals surface area contributed by atoms with Crippen LogP contribution in [0.25, 0.3) is 0 Å². The number of hydrogen-bond acceptors (Lipinski definition) is 3. The molecule has 0 bridgehead atoms. The molecule has 0 radical (unpaired) electrons. The summed E-state index contributed by atoms with van der Waals surface area (Å²) in [6, 6.07) is 0. The maximum absolute atomic E-state index is 5.73. The fraction of sp³-hybridized carbons (Fsp3) is 0.786. The zero-order chi connectivity index (χ0) is 13.8. The minimum atomic E-state index is 0.385. The van der Waals surface area contributed by atoms with E-state index in [2.05, 4.69) is 51.4 Å². The summed E-state index contributed by atoms with van der Waals surface area (Å²) in [5.41, 5.74) is 2.47. The number of hydrogen-bond donors (Lipinski definition) is 0. The van der Waals surface area contributed by atoms with Crippen molar-refractivity contribution in [1.29, 1.82) is 0 Å². The van der Waals surface area contributed by atoms with Crippen LogP contribution < -0.4 is 0 Å². The van der Waals surface area contributed by atoms with Gasteiger partial charge in [0, 0.05) is 26.2 Å². The molecule has 4 nitrogen and oxygen atoms in total. The quantitative estimate of drug-likeness (QED) is 0.832. The van der Waals surface area contributed by atoms with Crippen LogP contribution in [0, 0.1) is 0 Å². The Morgan fingerprint density at radius 3 is 2.79 bits per heavy atom. The average molecular weight is 330 g/mol. The van der Waals surface area contributed by atoms with Crippen LogP contribution in [0.15, 0.2) is 4.47 Å². The van der Waals surface area contributed by atoms with Gasteiger partial charge in [-0.1, -0.05) is 13.8 Å². The lowest BCUT2D eigenvalue weighted by atomic mass is 10.2. The highest BCUT2D eigenvalue weighted by Gasteiger charge is 2.22. The van der Waals surface area contributed by atoms with Gasteiger partial charge in [0.15, 0.2) is 0 Å². The van der Waals surface area contributed by atoms with E-state index in [1.165, 1.54) is 10.2 Å². The highest BCUT2D eigenvalue weighted by molar-refractivity contribution is 9.10. The van der Waals surface area contributed by atoms with Crippen LogP contribution in [0.1, 0.15) is 38.6 Å². The van der Waals surface area contributed by atoms with Gasteiger partial charge >= 0.3 is 0 Å². The van der Waals surface area contributed by atoms with Crippen LogP contribution in [0.4, 0.5) is 0 Å². The summed E-state index contributed by atoms with van der Waals surface area (Å²) in [4.78, 5) is 2.48. The van der Waals surface area contributed by atoms with Gasteiger partial charge in [-0.3, -0.25) is 9.58 Å². The van der Waals surface area contributed by atoms with Crippen molar-refractivity contribution in [3.05, 3.63) is 15.9 Å². The summed E-state index contributed by atoms with van der Waals surface area (Å²) >= 11 is 3.72. The lowest BCUT2D eigenvalue weighted by Gasteiger charge is -2.32. The van der Waals surface area contributed by atoms with E-state index in [-0.39, 0.29) is 0 Å². The molecule has 0 aromatic carbocycles. The summed E-state index contributed by atoms with van der Waals surface area (Å²) in [6.07, 6.45) is 2.45. The number of ether oxygens (including phenoxy) is 1. The molecule has 108 valence electrons.